The molecule has 0 amide bonds. The minimum Gasteiger partial charge on any atom is -0.495 e. The van der Waals surface area contributed by atoms with E-state index in [1.54, 1.807) is 18.7 Å². The summed E-state index contributed by atoms with van der Waals surface area (Å²) in [6.45, 7) is 3.79. The molecule has 0 saturated heterocycles. The van der Waals surface area contributed by atoms with Gasteiger partial charge < -0.3 is 14.4 Å². The summed E-state index contributed by atoms with van der Waals surface area (Å²) in [6, 6.07) is 3.90. The van der Waals surface area contributed by atoms with Crippen LogP contribution < -0.4 is 4.74 Å². The molecule has 0 aliphatic heterocycles. The second-order valence-electron chi connectivity index (χ2n) is 4.20. The molecule has 0 radical (unpaired) electrons. The Morgan fingerprint density at radius 3 is 2.53 bits per heavy atom. The van der Waals surface area contributed by atoms with Crippen LogP contribution >= 0.6 is 0 Å². The van der Waals surface area contributed by atoms with Gasteiger partial charge in [-0.3, -0.25) is 0 Å². The number of rotatable bonds is 2. The lowest BCUT2D eigenvalue weighted by atomic mass is 10.1. The number of methoxy groups -OCH3 is 1. The molecule has 0 spiro atoms. The molecular weight excluding hydrogens is 218 g/mol. The van der Waals surface area contributed by atoms with Crippen LogP contribution in [0.25, 0.3) is 10.9 Å². The van der Waals surface area contributed by atoms with Crippen LogP contribution in [0.4, 0.5) is 0 Å². The number of fused-ring (bicyclic) bond motifs is 1. The van der Waals surface area contributed by atoms with Crippen LogP contribution in [0, 0.1) is 13.8 Å². The molecule has 4 heteroatoms. The molecule has 0 aliphatic rings. The van der Waals surface area contributed by atoms with Gasteiger partial charge in [0.1, 0.15) is 11.4 Å². The van der Waals surface area contributed by atoms with E-state index in [2.05, 4.69) is 0 Å². The molecule has 1 aromatic heterocycles. The first-order valence-electron chi connectivity index (χ1n) is 5.34. The van der Waals surface area contributed by atoms with Gasteiger partial charge in [0.15, 0.2) is 0 Å². The third kappa shape index (κ3) is 1.56. The second-order valence-corrected chi connectivity index (χ2v) is 4.20. The Balaban J connectivity index is 2.97. The van der Waals surface area contributed by atoms with E-state index in [4.69, 9.17) is 4.74 Å². The first kappa shape index (κ1) is 11.5. The van der Waals surface area contributed by atoms with Gasteiger partial charge >= 0.3 is 5.97 Å². The fourth-order valence-corrected chi connectivity index (χ4v) is 2.33. The quantitative estimate of drug-likeness (QED) is 0.867. The summed E-state index contributed by atoms with van der Waals surface area (Å²) < 4.78 is 7.00. The van der Waals surface area contributed by atoms with Crippen molar-refractivity contribution in [1.29, 1.82) is 0 Å². The Bertz CT molecular complexity index is 611. The van der Waals surface area contributed by atoms with E-state index in [1.807, 2.05) is 26.0 Å². The molecule has 2 aromatic rings. The number of carbonyl (C=O) groups is 1. The van der Waals surface area contributed by atoms with Gasteiger partial charge in [0, 0.05) is 12.4 Å². The topological polar surface area (TPSA) is 51.5 Å². The lowest BCUT2D eigenvalue weighted by Gasteiger charge is -2.06. The normalized spacial score (nSPS) is 10.8. The number of aromatic nitrogens is 1. The molecule has 0 fully saturated rings. The third-order valence-electron chi connectivity index (χ3n) is 3.07. The Kier molecular flexibility index (Phi) is 2.58. The Morgan fingerprint density at radius 1 is 1.35 bits per heavy atom. The van der Waals surface area contributed by atoms with Crippen molar-refractivity contribution in [1.82, 2.24) is 4.57 Å². The Labute approximate surface area is 99.4 Å². The highest BCUT2D eigenvalue weighted by Crippen LogP contribution is 2.33. The van der Waals surface area contributed by atoms with Gasteiger partial charge in [-0.1, -0.05) is 0 Å². The molecule has 0 bridgehead atoms. The van der Waals surface area contributed by atoms with Crippen LogP contribution in [0.2, 0.25) is 0 Å². The van der Waals surface area contributed by atoms with Crippen molar-refractivity contribution >= 4 is 16.9 Å². The van der Waals surface area contributed by atoms with Crippen molar-refractivity contribution in [2.75, 3.05) is 7.11 Å². The summed E-state index contributed by atoms with van der Waals surface area (Å²) in [7, 11) is 3.34. The molecular formula is C13H15NO3. The molecule has 0 atom stereocenters. The van der Waals surface area contributed by atoms with Gasteiger partial charge in [0.05, 0.1) is 12.6 Å². The van der Waals surface area contributed by atoms with Crippen LogP contribution in [-0.2, 0) is 7.05 Å². The molecule has 17 heavy (non-hydrogen) atoms. The van der Waals surface area contributed by atoms with Crippen molar-refractivity contribution in [3.63, 3.8) is 0 Å². The van der Waals surface area contributed by atoms with Gasteiger partial charge in [-0.05, 0) is 37.1 Å². The average molecular weight is 233 g/mol. The number of aryl methyl sites for hydroxylation is 3. The first-order chi connectivity index (χ1) is 7.97. The second kappa shape index (κ2) is 3.80. The number of benzene rings is 1. The molecule has 1 heterocycles. The highest BCUT2D eigenvalue weighted by molar-refractivity contribution is 6.00. The number of carboxylic acids is 1. The number of hydrogen-bond donors (Lipinski definition) is 1. The SMILES string of the molecule is COc1cc(C)cc2c(C)c(C(=O)O)n(C)c12. The van der Waals surface area contributed by atoms with Gasteiger partial charge in [-0.25, -0.2) is 4.79 Å². The van der Waals surface area contributed by atoms with E-state index < -0.39 is 5.97 Å². The van der Waals surface area contributed by atoms with Gasteiger partial charge in [-0.2, -0.15) is 0 Å². The third-order valence-corrected chi connectivity index (χ3v) is 3.07. The number of carboxylic acid groups (broad SMARTS) is 1. The highest BCUT2D eigenvalue weighted by Gasteiger charge is 2.20. The van der Waals surface area contributed by atoms with Gasteiger partial charge in [0.25, 0.3) is 0 Å². The number of nitrogens with zero attached hydrogens (tertiary/aromatic N) is 1. The fraction of sp³-hybridized carbons (Fsp3) is 0.308. The van der Waals surface area contributed by atoms with Crippen molar-refractivity contribution in [2.45, 2.75) is 13.8 Å². The van der Waals surface area contributed by atoms with E-state index in [0.717, 1.165) is 22.0 Å². The molecule has 90 valence electrons. The van der Waals surface area contributed by atoms with Crippen molar-refractivity contribution in [3.8, 4) is 5.75 Å². The first-order valence-corrected chi connectivity index (χ1v) is 5.34. The van der Waals surface area contributed by atoms with Crippen LogP contribution in [-0.4, -0.2) is 22.8 Å². The standard InChI is InChI=1S/C13H15NO3/c1-7-5-9-8(2)11(13(15)16)14(3)12(9)10(6-7)17-4/h5-6H,1-4H3,(H,15,16). The fourth-order valence-electron chi connectivity index (χ4n) is 2.33. The number of aromatic carboxylic acids is 1. The smallest absolute Gasteiger partial charge is 0.352 e. The average Bonchev–Trinajstić information content (AvgIpc) is 2.50. The van der Waals surface area contributed by atoms with Crippen LogP contribution in [0.3, 0.4) is 0 Å². The monoisotopic (exact) mass is 233 g/mol. The maximum absolute atomic E-state index is 11.2. The van der Waals surface area contributed by atoms with E-state index in [9.17, 15) is 9.90 Å². The molecule has 1 aromatic carbocycles. The molecule has 4 nitrogen and oxygen atoms in total. The molecule has 0 saturated carbocycles. The zero-order valence-electron chi connectivity index (χ0n) is 10.4. The largest absolute Gasteiger partial charge is 0.495 e. The molecule has 2 rings (SSSR count). The number of hydrogen-bond acceptors (Lipinski definition) is 2. The van der Waals surface area contributed by atoms with Gasteiger partial charge in [-0.15, -0.1) is 0 Å². The van der Waals surface area contributed by atoms with E-state index >= 15 is 0 Å². The molecule has 0 aliphatic carbocycles. The maximum atomic E-state index is 11.2. The molecule has 0 unspecified atom stereocenters. The summed E-state index contributed by atoms with van der Waals surface area (Å²) >= 11 is 0. The lowest BCUT2D eigenvalue weighted by Crippen LogP contribution is -2.06. The predicted octanol–water partition coefficient (Wildman–Crippen LogP) is 2.50. The van der Waals surface area contributed by atoms with Gasteiger partial charge in [0.2, 0.25) is 0 Å². The predicted molar refractivity (Wildman–Crippen MR) is 65.9 cm³/mol. The lowest BCUT2D eigenvalue weighted by molar-refractivity contribution is 0.0686. The summed E-state index contributed by atoms with van der Waals surface area (Å²) in [5, 5.41) is 10.2. The maximum Gasteiger partial charge on any atom is 0.352 e. The molecule has 1 N–H and O–H groups in total. The van der Waals surface area contributed by atoms with E-state index in [1.165, 1.54) is 0 Å². The zero-order chi connectivity index (χ0) is 12.7. The Hall–Kier alpha value is -1.97. The van der Waals surface area contributed by atoms with Crippen molar-refractivity contribution in [2.24, 2.45) is 7.05 Å². The summed E-state index contributed by atoms with van der Waals surface area (Å²) in [5.74, 6) is -0.209. The van der Waals surface area contributed by atoms with Crippen molar-refractivity contribution < 1.29 is 14.6 Å². The highest BCUT2D eigenvalue weighted by atomic mass is 16.5. The number of ether oxygens (including phenoxy) is 1. The van der Waals surface area contributed by atoms with E-state index in [0.29, 0.717) is 11.4 Å². The minimum absolute atomic E-state index is 0.309. The van der Waals surface area contributed by atoms with E-state index in [-0.39, 0.29) is 0 Å². The van der Waals surface area contributed by atoms with Crippen LogP contribution in [0.5, 0.6) is 5.75 Å². The summed E-state index contributed by atoms with van der Waals surface area (Å²) in [4.78, 5) is 11.2. The van der Waals surface area contributed by atoms with Crippen LogP contribution in [0.1, 0.15) is 21.6 Å². The summed E-state index contributed by atoms with van der Waals surface area (Å²) in [6.07, 6.45) is 0. The van der Waals surface area contributed by atoms with Crippen molar-refractivity contribution in [3.05, 3.63) is 29.0 Å². The zero-order valence-corrected chi connectivity index (χ0v) is 10.4. The summed E-state index contributed by atoms with van der Waals surface area (Å²) in [5.41, 5.74) is 2.97. The minimum atomic E-state index is -0.916. The Morgan fingerprint density at radius 2 is 2.00 bits per heavy atom. The van der Waals surface area contributed by atoms with Crippen LogP contribution in [0.15, 0.2) is 12.1 Å².